The van der Waals surface area contributed by atoms with Crippen molar-refractivity contribution in [1.82, 2.24) is 0 Å². The summed E-state index contributed by atoms with van der Waals surface area (Å²) in [5.74, 6) is 0.495. The van der Waals surface area contributed by atoms with Crippen molar-refractivity contribution in [2.24, 2.45) is 11.8 Å². The van der Waals surface area contributed by atoms with E-state index in [1.165, 1.54) is 38.5 Å². The van der Waals surface area contributed by atoms with Gasteiger partial charge in [-0.1, -0.05) is 51.4 Å². The van der Waals surface area contributed by atoms with Crippen molar-refractivity contribution in [3.05, 3.63) is 6.10 Å². The van der Waals surface area contributed by atoms with Crippen LogP contribution in [0.1, 0.15) is 70.6 Å². The Morgan fingerprint density at radius 3 is 2.19 bits per heavy atom. The zero-order valence-corrected chi connectivity index (χ0v) is 12.9. The molecule has 0 aromatic rings. The smallest absolute Gasteiger partial charge is 0.309 e. The normalized spacial score (nSPS) is 21.2. The molecular weight excluding hydrogens is 268 g/mol. The third-order valence-electron chi connectivity index (χ3n) is 4.74. The van der Waals surface area contributed by atoms with Crippen molar-refractivity contribution < 1.29 is 19.1 Å². The maximum Gasteiger partial charge on any atom is 0.309 e. The lowest BCUT2D eigenvalue weighted by Crippen LogP contribution is -2.26. The average Bonchev–Trinajstić information content (AvgIpc) is 2.54. The molecule has 0 atom stereocenters. The van der Waals surface area contributed by atoms with Gasteiger partial charge in [-0.05, 0) is 25.2 Å². The lowest BCUT2D eigenvalue weighted by molar-refractivity contribution is -0.152. The van der Waals surface area contributed by atoms with Crippen LogP contribution in [0.25, 0.3) is 0 Å². The fraction of sp³-hybridized carbons (Fsp3) is 0.824. The molecule has 2 saturated carbocycles. The van der Waals surface area contributed by atoms with Crippen LogP contribution in [0.5, 0.6) is 0 Å². The first-order valence-corrected chi connectivity index (χ1v) is 8.41. The minimum absolute atomic E-state index is 0.0383. The maximum atomic E-state index is 12.2. The number of esters is 1. The molecule has 4 nitrogen and oxygen atoms in total. The fourth-order valence-corrected chi connectivity index (χ4v) is 3.53. The first-order valence-electron chi connectivity index (χ1n) is 8.41. The Labute approximate surface area is 127 Å². The molecule has 119 valence electrons. The Kier molecular flexibility index (Phi) is 7.04. The van der Waals surface area contributed by atoms with Gasteiger partial charge in [0.2, 0.25) is 0 Å². The number of carbonyl (C=O) groups excluding carboxylic acids is 2. The van der Waals surface area contributed by atoms with E-state index in [0.717, 1.165) is 32.1 Å². The molecule has 0 bridgehead atoms. The highest BCUT2D eigenvalue weighted by atomic mass is 16.6. The van der Waals surface area contributed by atoms with Crippen molar-refractivity contribution in [2.75, 3.05) is 6.61 Å². The lowest BCUT2D eigenvalue weighted by Gasteiger charge is -2.27. The molecule has 4 heteroatoms. The Morgan fingerprint density at radius 1 is 0.952 bits per heavy atom. The van der Waals surface area contributed by atoms with E-state index < -0.39 is 0 Å². The predicted molar refractivity (Wildman–Crippen MR) is 79.1 cm³/mol. The van der Waals surface area contributed by atoms with Crippen LogP contribution in [-0.4, -0.2) is 19.0 Å². The van der Waals surface area contributed by atoms with Crippen LogP contribution in [0.4, 0.5) is 0 Å². The summed E-state index contributed by atoms with van der Waals surface area (Å²) in [5.41, 5.74) is 0. The molecule has 0 spiro atoms. The van der Waals surface area contributed by atoms with Crippen molar-refractivity contribution in [3.8, 4) is 0 Å². The number of carbonyl (C=O) groups is 2. The number of hydrogen-bond donors (Lipinski definition) is 0. The van der Waals surface area contributed by atoms with Crippen molar-refractivity contribution >= 4 is 12.4 Å². The van der Waals surface area contributed by atoms with E-state index >= 15 is 0 Å². The van der Waals surface area contributed by atoms with Crippen LogP contribution in [0.15, 0.2) is 0 Å². The van der Waals surface area contributed by atoms with Gasteiger partial charge in [0.15, 0.2) is 6.10 Å². The topological polar surface area (TPSA) is 52.6 Å². The van der Waals surface area contributed by atoms with Gasteiger partial charge in [-0.15, -0.1) is 0 Å². The van der Waals surface area contributed by atoms with Crippen LogP contribution in [0.3, 0.4) is 0 Å². The highest BCUT2D eigenvalue weighted by Gasteiger charge is 2.28. The zero-order chi connectivity index (χ0) is 14.9. The van der Waals surface area contributed by atoms with E-state index in [1.807, 2.05) is 0 Å². The first kappa shape index (κ1) is 16.3. The Balaban J connectivity index is 1.81. The quantitative estimate of drug-likeness (QED) is 0.530. The van der Waals surface area contributed by atoms with E-state index in [0.29, 0.717) is 18.5 Å². The molecule has 21 heavy (non-hydrogen) atoms. The summed E-state index contributed by atoms with van der Waals surface area (Å²) < 4.78 is 10.4. The first-order chi connectivity index (χ1) is 10.3. The molecule has 1 radical (unpaired) electrons. The lowest BCUT2D eigenvalue weighted by atomic mass is 9.85. The second kappa shape index (κ2) is 9.06. The standard InChI is InChI=1S/C17H27O4/c18-13-20-12-16(11-14-7-3-1-4-8-14)21-17(19)15-9-5-2-6-10-15/h13-15H,1-12H2. The third kappa shape index (κ3) is 5.68. The Morgan fingerprint density at radius 2 is 1.57 bits per heavy atom. The van der Waals surface area contributed by atoms with Crippen LogP contribution < -0.4 is 0 Å². The maximum absolute atomic E-state index is 12.2. The van der Waals surface area contributed by atoms with E-state index in [1.54, 1.807) is 0 Å². The molecule has 0 unspecified atom stereocenters. The van der Waals surface area contributed by atoms with Gasteiger partial charge in [-0.25, -0.2) is 0 Å². The fourth-order valence-electron chi connectivity index (χ4n) is 3.53. The minimum Gasteiger partial charge on any atom is -0.463 e. The van der Waals surface area contributed by atoms with Gasteiger partial charge < -0.3 is 9.47 Å². The molecule has 0 aromatic carbocycles. The summed E-state index contributed by atoms with van der Waals surface area (Å²) in [5, 5.41) is 0. The summed E-state index contributed by atoms with van der Waals surface area (Å²) in [6.45, 7) is 0.549. The van der Waals surface area contributed by atoms with Gasteiger partial charge in [0, 0.05) is 0 Å². The summed E-state index contributed by atoms with van der Waals surface area (Å²) in [6.07, 6.45) is 12.9. The van der Waals surface area contributed by atoms with Gasteiger partial charge in [0.05, 0.1) is 5.92 Å². The molecule has 2 aliphatic rings. The molecule has 0 amide bonds. The molecule has 2 rings (SSSR count). The van der Waals surface area contributed by atoms with Gasteiger partial charge in [-0.2, -0.15) is 0 Å². The number of hydrogen-bond acceptors (Lipinski definition) is 4. The second-order valence-electron chi connectivity index (χ2n) is 6.41. The molecule has 2 aliphatic carbocycles. The average molecular weight is 295 g/mol. The minimum atomic E-state index is -0.116. The SMILES string of the molecule is O=COC[C](CC1CCCCC1)OC(=O)C1CCCCC1. The zero-order valence-electron chi connectivity index (χ0n) is 12.9. The van der Waals surface area contributed by atoms with Crippen LogP contribution in [-0.2, 0) is 19.1 Å². The van der Waals surface area contributed by atoms with Crippen molar-refractivity contribution in [2.45, 2.75) is 70.6 Å². The highest BCUT2D eigenvalue weighted by Crippen LogP contribution is 2.32. The van der Waals surface area contributed by atoms with Crippen LogP contribution in [0.2, 0.25) is 0 Å². The highest BCUT2D eigenvalue weighted by molar-refractivity contribution is 5.73. The van der Waals surface area contributed by atoms with Crippen LogP contribution >= 0.6 is 0 Å². The molecule has 2 fully saturated rings. The van der Waals surface area contributed by atoms with Crippen molar-refractivity contribution in [1.29, 1.82) is 0 Å². The molecule has 0 saturated heterocycles. The van der Waals surface area contributed by atoms with Gasteiger partial charge >= 0.3 is 5.97 Å². The Bertz CT molecular complexity index is 317. The molecule has 0 aromatic heterocycles. The van der Waals surface area contributed by atoms with Gasteiger partial charge in [-0.3, -0.25) is 9.59 Å². The monoisotopic (exact) mass is 295 g/mol. The largest absolute Gasteiger partial charge is 0.463 e. The molecular formula is C17H27O4. The summed E-state index contributed by atoms with van der Waals surface area (Å²) >= 11 is 0. The number of ether oxygens (including phenoxy) is 2. The Hall–Kier alpha value is -1.06. The molecule has 0 N–H and O–H groups in total. The van der Waals surface area contributed by atoms with E-state index in [-0.39, 0.29) is 18.5 Å². The summed E-state index contributed by atoms with van der Waals surface area (Å²) in [4.78, 5) is 22.6. The summed E-state index contributed by atoms with van der Waals surface area (Å²) in [7, 11) is 0. The molecule has 0 heterocycles. The molecule has 0 aliphatic heterocycles. The van der Waals surface area contributed by atoms with E-state index in [2.05, 4.69) is 0 Å². The van der Waals surface area contributed by atoms with Gasteiger partial charge in [0.1, 0.15) is 6.61 Å². The second-order valence-corrected chi connectivity index (χ2v) is 6.41. The number of rotatable bonds is 7. The van der Waals surface area contributed by atoms with E-state index in [9.17, 15) is 9.59 Å². The third-order valence-corrected chi connectivity index (χ3v) is 4.74. The van der Waals surface area contributed by atoms with Crippen LogP contribution in [0, 0.1) is 17.9 Å². The van der Waals surface area contributed by atoms with Gasteiger partial charge in [0.25, 0.3) is 6.47 Å². The van der Waals surface area contributed by atoms with E-state index in [4.69, 9.17) is 9.47 Å². The van der Waals surface area contributed by atoms with Crippen molar-refractivity contribution in [3.63, 3.8) is 0 Å². The summed E-state index contributed by atoms with van der Waals surface area (Å²) in [6, 6.07) is 0. The predicted octanol–water partition coefficient (Wildman–Crippen LogP) is 3.79.